The van der Waals surface area contributed by atoms with E-state index in [0.29, 0.717) is 19.4 Å². The van der Waals surface area contributed by atoms with E-state index in [1.54, 1.807) is 0 Å². The van der Waals surface area contributed by atoms with Crippen molar-refractivity contribution in [2.45, 2.75) is 32.1 Å². The number of rotatable bonds is 3. The van der Waals surface area contributed by atoms with Crippen LogP contribution in [0, 0.1) is 0 Å². The lowest BCUT2D eigenvalue weighted by Crippen LogP contribution is -2.40. The van der Waals surface area contributed by atoms with E-state index in [1.807, 2.05) is 0 Å². The summed E-state index contributed by atoms with van der Waals surface area (Å²) in [6, 6.07) is 0. The highest BCUT2D eigenvalue weighted by molar-refractivity contribution is 5.97. The largest absolute Gasteiger partial charge is 0.282 e. The monoisotopic (exact) mass is 205 g/mol. The Labute approximate surface area is 89.4 Å². The minimum Gasteiger partial charge on any atom is -0.282 e. The molecule has 0 unspecified atom stereocenters. The number of nitrogens with zero attached hydrogens (tertiary/aromatic N) is 1. The third-order valence-corrected chi connectivity index (χ3v) is 2.86. The zero-order valence-electron chi connectivity index (χ0n) is 8.74. The van der Waals surface area contributed by atoms with Crippen molar-refractivity contribution in [3.63, 3.8) is 0 Å². The Balaban J connectivity index is 1.89. The summed E-state index contributed by atoms with van der Waals surface area (Å²) in [5.41, 5.74) is 1.24. The Kier molecular flexibility index (Phi) is 2.99. The zero-order chi connectivity index (χ0) is 10.7. The van der Waals surface area contributed by atoms with Gasteiger partial charge in [0.15, 0.2) is 0 Å². The van der Waals surface area contributed by atoms with Gasteiger partial charge in [-0.2, -0.15) is 0 Å². The molecule has 2 rings (SSSR count). The first-order chi connectivity index (χ1) is 7.27. The molecule has 1 aliphatic carbocycles. The number of amides is 2. The second-order valence-corrected chi connectivity index (χ2v) is 3.96. The van der Waals surface area contributed by atoms with Gasteiger partial charge in [0.05, 0.1) is 0 Å². The lowest BCUT2D eigenvalue weighted by atomic mass is 10.1. The molecule has 1 fully saturated rings. The van der Waals surface area contributed by atoms with Gasteiger partial charge in [0.1, 0.15) is 0 Å². The van der Waals surface area contributed by atoms with Crippen LogP contribution in [-0.4, -0.2) is 23.3 Å². The first-order valence-electron chi connectivity index (χ1n) is 5.46. The molecule has 2 amide bonds. The van der Waals surface area contributed by atoms with Crippen LogP contribution in [0.5, 0.6) is 0 Å². The Morgan fingerprint density at radius 1 is 1.20 bits per heavy atom. The van der Waals surface area contributed by atoms with E-state index in [1.165, 1.54) is 10.5 Å². The van der Waals surface area contributed by atoms with E-state index >= 15 is 0 Å². The van der Waals surface area contributed by atoms with Gasteiger partial charge in [-0.15, -0.1) is 0 Å². The molecule has 2 aliphatic rings. The summed E-state index contributed by atoms with van der Waals surface area (Å²) in [7, 11) is 0. The molecule has 1 saturated heterocycles. The van der Waals surface area contributed by atoms with Crippen LogP contribution in [0.1, 0.15) is 32.1 Å². The molecule has 3 nitrogen and oxygen atoms in total. The third-order valence-electron chi connectivity index (χ3n) is 2.86. The third kappa shape index (κ3) is 2.35. The predicted octanol–water partition coefficient (Wildman–Crippen LogP) is 1.80. The fourth-order valence-corrected chi connectivity index (χ4v) is 1.98. The van der Waals surface area contributed by atoms with Crippen LogP contribution in [0.4, 0.5) is 0 Å². The summed E-state index contributed by atoms with van der Waals surface area (Å²) in [4.78, 5) is 24.4. The van der Waals surface area contributed by atoms with E-state index in [-0.39, 0.29) is 11.8 Å². The number of hydrogen-bond acceptors (Lipinski definition) is 2. The average Bonchev–Trinajstić information content (AvgIpc) is 2.70. The maximum absolute atomic E-state index is 11.5. The molecule has 1 heterocycles. The Morgan fingerprint density at radius 2 is 1.93 bits per heavy atom. The first kappa shape index (κ1) is 10.1. The predicted molar refractivity (Wildman–Crippen MR) is 57.0 cm³/mol. The minimum atomic E-state index is -0.00572. The minimum absolute atomic E-state index is 0.00572. The van der Waals surface area contributed by atoms with Gasteiger partial charge in [-0.05, 0) is 19.3 Å². The maximum Gasteiger partial charge on any atom is 0.229 e. The van der Waals surface area contributed by atoms with Gasteiger partial charge in [0.2, 0.25) is 11.8 Å². The molecule has 3 heteroatoms. The van der Waals surface area contributed by atoms with Crippen LogP contribution in [0.25, 0.3) is 0 Å². The van der Waals surface area contributed by atoms with E-state index in [4.69, 9.17) is 0 Å². The molecule has 15 heavy (non-hydrogen) atoms. The van der Waals surface area contributed by atoms with E-state index in [9.17, 15) is 9.59 Å². The fourth-order valence-electron chi connectivity index (χ4n) is 1.98. The summed E-state index contributed by atoms with van der Waals surface area (Å²) < 4.78 is 0. The number of hydrogen-bond donors (Lipinski definition) is 0. The van der Waals surface area contributed by atoms with Crippen molar-refractivity contribution in [1.29, 1.82) is 0 Å². The number of imide groups is 1. The van der Waals surface area contributed by atoms with Crippen molar-refractivity contribution >= 4 is 11.8 Å². The lowest BCUT2D eigenvalue weighted by Gasteiger charge is -2.24. The van der Waals surface area contributed by atoms with Gasteiger partial charge in [-0.1, -0.05) is 23.8 Å². The van der Waals surface area contributed by atoms with Crippen molar-refractivity contribution in [3.8, 4) is 0 Å². The highest BCUT2D eigenvalue weighted by atomic mass is 16.2. The molecule has 0 radical (unpaired) electrons. The van der Waals surface area contributed by atoms with Gasteiger partial charge in [0, 0.05) is 19.4 Å². The molecule has 0 bridgehead atoms. The second kappa shape index (κ2) is 4.43. The average molecular weight is 205 g/mol. The van der Waals surface area contributed by atoms with Crippen molar-refractivity contribution in [3.05, 3.63) is 23.8 Å². The van der Waals surface area contributed by atoms with Crippen LogP contribution in [-0.2, 0) is 9.59 Å². The molecule has 0 spiro atoms. The summed E-state index contributed by atoms with van der Waals surface area (Å²) in [5, 5.41) is 0. The highest BCUT2D eigenvalue weighted by Crippen LogP contribution is 2.17. The molecule has 0 atom stereocenters. The Hall–Kier alpha value is -1.38. The van der Waals surface area contributed by atoms with Gasteiger partial charge in [-0.25, -0.2) is 0 Å². The number of carbonyl (C=O) groups excluding carboxylic acids is 2. The van der Waals surface area contributed by atoms with Crippen LogP contribution >= 0.6 is 0 Å². The number of carbonyl (C=O) groups is 2. The van der Waals surface area contributed by atoms with Gasteiger partial charge >= 0.3 is 0 Å². The van der Waals surface area contributed by atoms with Crippen LogP contribution in [0.15, 0.2) is 23.8 Å². The molecule has 1 aliphatic heterocycles. The van der Waals surface area contributed by atoms with Crippen LogP contribution in [0.3, 0.4) is 0 Å². The summed E-state index contributed by atoms with van der Waals surface area (Å²) in [5.74, 6) is -0.0114. The Morgan fingerprint density at radius 3 is 2.53 bits per heavy atom. The summed E-state index contributed by atoms with van der Waals surface area (Å²) in [6.07, 6.45) is 9.86. The van der Waals surface area contributed by atoms with Gasteiger partial charge < -0.3 is 0 Å². The summed E-state index contributed by atoms with van der Waals surface area (Å²) >= 11 is 0. The van der Waals surface area contributed by atoms with Gasteiger partial charge in [0.25, 0.3) is 0 Å². The van der Waals surface area contributed by atoms with Crippen LogP contribution < -0.4 is 0 Å². The standard InChI is InChI=1S/C12H15NO2/c14-11-6-3-7-12(15)13(11)9-8-10-4-1-2-5-10/h1,4-5H,2-3,6-9H2. The van der Waals surface area contributed by atoms with E-state index in [2.05, 4.69) is 18.2 Å². The van der Waals surface area contributed by atoms with Crippen molar-refractivity contribution in [2.24, 2.45) is 0 Å². The van der Waals surface area contributed by atoms with E-state index in [0.717, 1.165) is 19.3 Å². The molecule has 0 N–H and O–H groups in total. The second-order valence-electron chi connectivity index (χ2n) is 3.96. The lowest BCUT2D eigenvalue weighted by molar-refractivity contribution is -0.147. The molecule has 0 aromatic rings. The number of piperidine rings is 1. The first-order valence-corrected chi connectivity index (χ1v) is 5.46. The van der Waals surface area contributed by atoms with Crippen molar-refractivity contribution in [2.75, 3.05) is 6.54 Å². The molecule has 0 aromatic carbocycles. The normalized spacial score (nSPS) is 21.1. The van der Waals surface area contributed by atoms with Crippen molar-refractivity contribution < 1.29 is 9.59 Å². The molecule has 0 saturated carbocycles. The smallest absolute Gasteiger partial charge is 0.229 e. The molecule has 80 valence electrons. The number of allylic oxidation sites excluding steroid dienone is 3. The van der Waals surface area contributed by atoms with Crippen LogP contribution in [0.2, 0.25) is 0 Å². The fraction of sp³-hybridized carbons (Fsp3) is 0.500. The SMILES string of the molecule is O=C1CCCC(=O)N1CCC1=CCC=C1. The van der Waals surface area contributed by atoms with E-state index < -0.39 is 0 Å². The zero-order valence-corrected chi connectivity index (χ0v) is 8.74. The number of likely N-dealkylation sites (tertiary alicyclic amines) is 1. The Bertz CT molecular complexity index is 326. The van der Waals surface area contributed by atoms with Gasteiger partial charge in [-0.3, -0.25) is 14.5 Å². The summed E-state index contributed by atoms with van der Waals surface area (Å²) in [6.45, 7) is 0.549. The highest BCUT2D eigenvalue weighted by Gasteiger charge is 2.25. The quantitative estimate of drug-likeness (QED) is 0.659. The van der Waals surface area contributed by atoms with Crippen molar-refractivity contribution in [1.82, 2.24) is 4.90 Å². The molecule has 0 aromatic heterocycles. The maximum atomic E-state index is 11.5. The topological polar surface area (TPSA) is 37.4 Å². The molecular formula is C12H15NO2. The molecular weight excluding hydrogens is 190 g/mol.